The van der Waals surface area contributed by atoms with Crippen LogP contribution in [0.5, 0.6) is 5.75 Å². The quantitative estimate of drug-likeness (QED) is 0.632. The second-order valence-electron chi connectivity index (χ2n) is 7.88. The number of rotatable bonds is 6. The lowest BCUT2D eigenvalue weighted by molar-refractivity contribution is -0.140. The van der Waals surface area contributed by atoms with Gasteiger partial charge in [0.25, 0.3) is 5.91 Å². The summed E-state index contributed by atoms with van der Waals surface area (Å²) in [5, 5.41) is 21.4. The number of hydrogen-bond donors (Lipinski definition) is 2. The maximum absolute atomic E-state index is 12.5. The van der Waals surface area contributed by atoms with E-state index >= 15 is 0 Å². The lowest BCUT2D eigenvalue weighted by Gasteiger charge is -2.36. The van der Waals surface area contributed by atoms with Gasteiger partial charge in [-0.2, -0.15) is 0 Å². The summed E-state index contributed by atoms with van der Waals surface area (Å²) in [5.74, 6) is 1.22. The van der Waals surface area contributed by atoms with Gasteiger partial charge in [-0.15, -0.1) is 0 Å². The summed E-state index contributed by atoms with van der Waals surface area (Å²) >= 11 is 0. The molecule has 2 heterocycles. The molecule has 0 radical (unpaired) electrons. The monoisotopic (exact) mass is 422 g/mol. The summed E-state index contributed by atoms with van der Waals surface area (Å²) in [6.07, 6.45) is 1.39. The average Bonchev–Trinajstić information content (AvgIpc) is 2.81. The van der Waals surface area contributed by atoms with Crippen molar-refractivity contribution in [2.75, 3.05) is 31.1 Å². The van der Waals surface area contributed by atoms with Crippen LogP contribution in [-0.2, 0) is 4.79 Å². The molecule has 0 aliphatic carbocycles. The van der Waals surface area contributed by atoms with Gasteiger partial charge in [0.05, 0.1) is 11.1 Å². The van der Waals surface area contributed by atoms with Crippen molar-refractivity contribution in [1.82, 2.24) is 14.9 Å². The van der Waals surface area contributed by atoms with Crippen molar-refractivity contribution in [3.63, 3.8) is 0 Å². The van der Waals surface area contributed by atoms with Gasteiger partial charge >= 0.3 is 0 Å². The number of anilines is 1. The van der Waals surface area contributed by atoms with Crippen molar-refractivity contribution in [2.24, 2.45) is 0 Å². The number of piperazine rings is 1. The van der Waals surface area contributed by atoms with E-state index in [0.717, 1.165) is 29.6 Å². The van der Waals surface area contributed by atoms with Crippen molar-refractivity contribution in [1.29, 1.82) is 0 Å². The van der Waals surface area contributed by atoms with Crippen molar-refractivity contribution in [3.05, 3.63) is 48.5 Å². The number of unbranched alkanes of at least 4 members (excludes halogenated alkanes) is 1. The molecule has 7 heteroatoms. The van der Waals surface area contributed by atoms with E-state index in [1.807, 2.05) is 37.3 Å². The van der Waals surface area contributed by atoms with E-state index in [-0.39, 0.29) is 13.1 Å². The Morgan fingerprint density at radius 1 is 1.06 bits per heavy atom. The predicted octanol–water partition coefficient (Wildman–Crippen LogP) is 3.45. The van der Waals surface area contributed by atoms with Gasteiger partial charge in [0.2, 0.25) is 0 Å². The highest BCUT2D eigenvalue weighted by molar-refractivity contribution is 5.91. The molecule has 31 heavy (non-hydrogen) atoms. The zero-order valence-corrected chi connectivity index (χ0v) is 17.7. The predicted molar refractivity (Wildman–Crippen MR) is 123 cm³/mol. The Morgan fingerprint density at radius 3 is 2.52 bits per heavy atom. The number of hydrogen-bond acceptors (Lipinski definition) is 6. The molecular weight excluding hydrogens is 392 g/mol. The number of aromatic hydroxyl groups is 1. The molecule has 1 aromatic heterocycles. The van der Waals surface area contributed by atoms with Gasteiger partial charge < -0.3 is 20.0 Å². The minimum absolute atomic E-state index is 0. The lowest BCUT2D eigenvalue weighted by Crippen LogP contribution is -2.51. The molecular formula is C24H30N4O3. The fourth-order valence-electron chi connectivity index (χ4n) is 3.95. The summed E-state index contributed by atoms with van der Waals surface area (Å²) in [6.45, 7) is 4.35. The fourth-order valence-corrected chi connectivity index (χ4v) is 3.95. The number of benzene rings is 2. The number of nitrogens with zero attached hydrogens (tertiary/aromatic N) is 4. The molecule has 7 nitrogen and oxygen atoms in total. The SMILES string of the molecule is CCCCC(O)C(=O)N1CCN(c2nc(-c3ccccc3O)nc3ccccc23)CC1.[HH]. The number of phenolic OH excluding ortho intramolecular Hbond substituents is 1. The van der Waals surface area contributed by atoms with Crippen LogP contribution in [0.4, 0.5) is 5.82 Å². The number of amides is 1. The molecule has 4 rings (SSSR count). The number of para-hydroxylation sites is 2. The Bertz CT molecular complexity index is 1070. The Balaban J connectivity index is 0.00000289. The minimum atomic E-state index is -0.918. The first-order chi connectivity index (χ1) is 15.1. The molecule has 0 spiro atoms. The molecule has 0 saturated carbocycles. The molecule has 1 atom stereocenters. The fraction of sp³-hybridized carbons (Fsp3) is 0.375. The van der Waals surface area contributed by atoms with Gasteiger partial charge in [-0.25, -0.2) is 9.97 Å². The Labute approximate surface area is 183 Å². The van der Waals surface area contributed by atoms with E-state index in [2.05, 4.69) is 9.88 Å². The van der Waals surface area contributed by atoms with E-state index in [1.165, 1.54) is 0 Å². The van der Waals surface area contributed by atoms with Crippen LogP contribution < -0.4 is 4.90 Å². The molecule has 3 aromatic rings. The highest BCUT2D eigenvalue weighted by Crippen LogP contribution is 2.31. The van der Waals surface area contributed by atoms with Gasteiger partial charge in [-0.3, -0.25) is 4.79 Å². The largest absolute Gasteiger partial charge is 0.507 e. The Kier molecular flexibility index (Phi) is 6.32. The zero-order chi connectivity index (χ0) is 21.8. The summed E-state index contributed by atoms with van der Waals surface area (Å²) in [7, 11) is 0. The molecule has 0 bridgehead atoms. The molecule has 1 aliphatic rings. The van der Waals surface area contributed by atoms with E-state index in [1.54, 1.807) is 23.1 Å². The molecule has 2 N–H and O–H groups in total. The standard InChI is InChI=1S/C24H28N4O3.H2/c1-2-3-11-21(30)24(31)28-15-13-27(14-16-28)23-17-8-4-6-10-19(17)25-22(26-23)18-9-5-7-12-20(18)29;/h4-10,12,21,29-30H,2-3,11,13-16H2,1H3;1H. The second kappa shape index (κ2) is 9.31. The molecule has 164 valence electrons. The molecule has 1 aliphatic heterocycles. The topological polar surface area (TPSA) is 89.8 Å². The van der Waals surface area contributed by atoms with Crippen LogP contribution in [0.3, 0.4) is 0 Å². The van der Waals surface area contributed by atoms with Gasteiger partial charge in [-0.1, -0.05) is 44.0 Å². The molecule has 1 saturated heterocycles. The van der Waals surface area contributed by atoms with Crippen LogP contribution in [0.1, 0.15) is 27.6 Å². The van der Waals surface area contributed by atoms with E-state index in [4.69, 9.17) is 4.98 Å². The zero-order valence-electron chi connectivity index (χ0n) is 17.7. The third-order valence-corrected chi connectivity index (χ3v) is 5.74. The Hall–Kier alpha value is -3.19. The van der Waals surface area contributed by atoms with Crippen LogP contribution in [0, 0.1) is 0 Å². The van der Waals surface area contributed by atoms with Crippen LogP contribution >= 0.6 is 0 Å². The van der Waals surface area contributed by atoms with Crippen LogP contribution in [-0.4, -0.2) is 63.3 Å². The normalized spacial score (nSPS) is 15.3. The molecule has 1 amide bonds. The lowest BCUT2D eigenvalue weighted by atomic mass is 10.1. The first-order valence-corrected chi connectivity index (χ1v) is 10.9. The van der Waals surface area contributed by atoms with Crippen molar-refractivity contribution >= 4 is 22.6 Å². The van der Waals surface area contributed by atoms with Crippen LogP contribution in [0.15, 0.2) is 48.5 Å². The van der Waals surface area contributed by atoms with E-state index < -0.39 is 6.10 Å². The number of carbonyl (C=O) groups excluding carboxylic acids is 1. The molecule has 2 aromatic carbocycles. The van der Waals surface area contributed by atoms with Gasteiger partial charge in [0.15, 0.2) is 5.82 Å². The van der Waals surface area contributed by atoms with E-state index in [9.17, 15) is 15.0 Å². The number of aliphatic hydroxyl groups excluding tert-OH is 1. The summed E-state index contributed by atoms with van der Waals surface area (Å²) in [5.41, 5.74) is 1.39. The maximum atomic E-state index is 12.5. The number of aromatic nitrogens is 2. The van der Waals surface area contributed by atoms with E-state index in [0.29, 0.717) is 44.0 Å². The Morgan fingerprint density at radius 2 is 1.77 bits per heavy atom. The third kappa shape index (κ3) is 4.46. The van der Waals surface area contributed by atoms with Gasteiger partial charge in [0.1, 0.15) is 17.7 Å². The number of fused-ring (bicyclic) bond motifs is 1. The number of phenols is 1. The number of aliphatic hydroxyl groups is 1. The highest BCUT2D eigenvalue weighted by Gasteiger charge is 2.27. The number of carbonyl (C=O) groups is 1. The summed E-state index contributed by atoms with van der Waals surface area (Å²) in [4.78, 5) is 25.9. The first-order valence-electron chi connectivity index (χ1n) is 10.9. The minimum Gasteiger partial charge on any atom is -0.507 e. The first kappa shape index (κ1) is 21.1. The molecule has 1 unspecified atom stereocenters. The highest BCUT2D eigenvalue weighted by atomic mass is 16.3. The van der Waals surface area contributed by atoms with Crippen molar-refractivity contribution < 1.29 is 16.4 Å². The summed E-state index contributed by atoms with van der Waals surface area (Å²) in [6, 6.07) is 14.9. The van der Waals surface area contributed by atoms with Crippen LogP contribution in [0.25, 0.3) is 22.3 Å². The van der Waals surface area contributed by atoms with Crippen molar-refractivity contribution in [3.8, 4) is 17.1 Å². The van der Waals surface area contributed by atoms with Crippen molar-refractivity contribution in [2.45, 2.75) is 32.3 Å². The second-order valence-corrected chi connectivity index (χ2v) is 7.88. The van der Waals surface area contributed by atoms with Gasteiger partial charge in [0, 0.05) is 33.0 Å². The summed E-state index contributed by atoms with van der Waals surface area (Å²) < 4.78 is 0. The average molecular weight is 423 g/mol. The van der Waals surface area contributed by atoms with Gasteiger partial charge in [-0.05, 0) is 30.7 Å². The molecule has 1 fully saturated rings. The third-order valence-electron chi connectivity index (χ3n) is 5.74. The smallest absolute Gasteiger partial charge is 0.251 e. The van der Waals surface area contributed by atoms with Crippen LogP contribution in [0.2, 0.25) is 0 Å². The maximum Gasteiger partial charge on any atom is 0.251 e.